The lowest BCUT2D eigenvalue weighted by Crippen LogP contribution is -2.40. The average Bonchev–Trinajstić information content (AvgIpc) is 2.97. The largest absolute Gasteiger partial charge is 0.342 e. The number of carbonyl (C=O) groups excluding carboxylic acids is 1. The number of amides is 1. The highest BCUT2D eigenvalue weighted by Gasteiger charge is 2.27. The van der Waals surface area contributed by atoms with Crippen molar-refractivity contribution in [3.05, 3.63) is 43.5 Å². The van der Waals surface area contributed by atoms with Gasteiger partial charge in [-0.3, -0.25) is 9.59 Å². The van der Waals surface area contributed by atoms with Crippen molar-refractivity contribution in [2.45, 2.75) is 46.0 Å². The molecule has 0 saturated carbocycles. The maximum atomic E-state index is 12.7. The summed E-state index contributed by atoms with van der Waals surface area (Å²) < 4.78 is 0. The van der Waals surface area contributed by atoms with Crippen molar-refractivity contribution in [3.63, 3.8) is 0 Å². The van der Waals surface area contributed by atoms with Crippen LogP contribution in [0.1, 0.15) is 46.5 Å². The molecule has 24 heavy (non-hydrogen) atoms. The van der Waals surface area contributed by atoms with Gasteiger partial charge < -0.3 is 9.88 Å². The van der Waals surface area contributed by atoms with E-state index in [4.69, 9.17) is 0 Å². The Balaban J connectivity index is 1.72. The van der Waals surface area contributed by atoms with E-state index in [1.807, 2.05) is 11.8 Å². The zero-order valence-electron chi connectivity index (χ0n) is 14.3. The predicted molar refractivity (Wildman–Crippen MR) is 93.4 cm³/mol. The number of aromatic amines is 1. The molecule has 0 aromatic carbocycles. The van der Waals surface area contributed by atoms with E-state index in [9.17, 15) is 9.59 Å². The lowest BCUT2D eigenvalue weighted by molar-refractivity contribution is -0.131. The molecule has 128 valence electrons. The molecule has 0 spiro atoms. The molecule has 7 heteroatoms. The van der Waals surface area contributed by atoms with Gasteiger partial charge in [-0.25, -0.2) is 9.97 Å². The fraction of sp³-hybridized carbons (Fsp3) is 0.529. The summed E-state index contributed by atoms with van der Waals surface area (Å²) >= 11 is 1.67. The summed E-state index contributed by atoms with van der Waals surface area (Å²) in [6.45, 7) is 6.94. The van der Waals surface area contributed by atoms with E-state index in [0.29, 0.717) is 29.5 Å². The Morgan fingerprint density at radius 2 is 2.17 bits per heavy atom. The minimum Gasteiger partial charge on any atom is -0.342 e. The van der Waals surface area contributed by atoms with Crippen molar-refractivity contribution in [2.75, 3.05) is 13.1 Å². The lowest BCUT2D eigenvalue weighted by Gasteiger charge is -2.32. The van der Waals surface area contributed by atoms with Gasteiger partial charge in [0.2, 0.25) is 5.91 Å². The van der Waals surface area contributed by atoms with Crippen LogP contribution in [-0.4, -0.2) is 38.8 Å². The maximum Gasteiger partial charge on any atom is 0.254 e. The maximum absolute atomic E-state index is 12.7. The molecule has 1 aliphatic rings. The van der Waals surface area contributed by atoms with Crippen molar-refractivity contribution >= 4 is 17.2 Å². The van der Waals surface area contributed by atoms with Crippen molar-refractivity contribution in [3.8, 4) is 0 Å². The summed E-state index contributed by atoms with van der Waals surface area (Å²) in [5, 5.41) is 3.16. The monoisotopic (exact) mass is 346 g/mol. The summed E-state index contributed by atoms with van der Waals surface area (Å²) in [6.07, 6.45) is 2.14. The van der Waals surface area contributed by atoms with Crippen molar-refractivity contribution < 1.29 is 4.79 Å². The van der Waals surface area contributed by atoms with E-state index in [2.05, 4.69) is 20.3 Å². The molecule has 3 rings (SSSR count). The molecule has 0 bridgehead atoms. The Kier molecular flexibility index (Phi) is 4.80. The molecular weight excluding hydrogens is 324 g/mol. The summed E-state index contributed by atoms with van der Waals surface area (Å²) in [5.41, 5.74) is 1.93. The number of H-pyrrole nitrogens is 1. The molecule has 3 heterocycles. The normalized spacial score (nSPS) is 18.0. The highest BCUT2D eigenvalue weighted by atomic mass is 32.1. The molecule has 1 amide bonds. The van der Waals surface area contributed by atoms with Gasteiger partial charge in [0.15, 0.2) is 0 Å². The molecule has 1 N–H and O–H groups in total. The fourth-order valence-electron chi connectivity index (χ4n) is 3.19. The highest BCUT2D eigenvalue weighted by Crippen LogP contribution is 2.29. The topological polar surface area (TPSA) is 79.0 Å². The van der Waals surface area contributed by atoms with Gasteiger partial charge in [-0.1, -0.05) is 0 Å². The van der Waals surface area contributed by atoms with Crippen LogP contribution < -0.4 is 5.56 Å². The van der Waals surface area contributed by atoms with Gasteiger partial charge in [0.25, 0.3) is 5.56 Å². The number of thiazole rings is 1. The third-order valence-electron chi connectivity index (χ3n) is 4.43. The van der Waals surface area contributed by atoms with Crippen molar-refractivity contribution in [1.82, 2.24) is 19.9 Å². The first-order chi connectivity index (χ1) is 11.4. The lowest BCUT2D eigenvalue weighted by atomic mass is 9.98. The van der Waals surface area contributed by atoms with Crippen LogP contribution >= 0.6 is 11.3 Å². The Morgan fingerprint density at radius 3 is 2.83 bits per heavy atom. The molecule has 0 radical (unpaired) electrons. The zero-order chi connectivity index (χ0) is 17.3. The Hall–Kier alpha value is -2.02. The molecule has 1 aliphatic heterocycles. The summed E-state index contributed by atoms with van der Waals surface area (Å²) in [6, 6.07) is 0. The SMILES string of the molecule is Cc1csc(C2CCCN(C(=O)Cc3c(C)nc(C)[nH]c3=O)C2)n1. The third kappa shape index (κ3) is 3.56. The van der Waals surface area contributed by atoms with Crippen LogP contribution in [-0.2, 0) is 11.2 Å². The van der Waals surface area contributed by atoms with Crippen LogP contribution in [0.5, 0.6) is 0 Å². The van der Waals surface area contributed by atoms with E-state index in [0.717, 1.165) is 30.1 Å². The smallest absolute Gasteiger partial charge is 0.254 e. The predicted octanol–water partition coefficient (Wildman–Crippen LogP) is 2.10. The van der Waals surface area contributed by atoms with Gasteiger partial charge in [-0.05, 0) is 33.6 Å². The number of aryl methyl sites for hydroxylation is 3. The Morgan fingerprint density at radius 1 is 1.38 bits per heavy atom. The quantitative estimate of drug-likeness (QED) is 0.923. The second kappa shape index (κ2) is 6.84. The van der Waals surface area contributed by atoms with Crippen LogP contribution in [0, 0.1) is 20.8 Å². The summed E-state index contributed by atoms with van der Waals surface area (Å²) in [7, 11) is 0. The van der Waals surface area contributed by atoms with Gasteiger partial charge in [0, 0.05) is 41.3 Å². The van der Waals surface area contributed by atoms with Crippen LogP contribution in [0.4, 0.5) is 0 Å². The van der Waals surface area contributed by atoms with E-state index >= 15 is 0 Å². The molecular formula is C17H22N4O2S. The van der Waals surface area contributed by atoms with Crippen molar-refractivity contribution in [2.24, 2.45) is 0 Å². The number of piperidine rings is 1. The number of likely N-dealkylation sites (tertiary alicyclic amines) is 1. The minimum absolute atomic E-state index is 0.00719. The standard InChI is InChI=1S/C17H22N4O2S/c1-10-9-24-17(18-10)13-5-4-6-21(8-13)15(22)7-14-11(2)19-12(3)20-16(14)23/h9,13H,4-8H2,1-3H3,(H,19,20,23). The van der Waals surface area contributed by atoms with Crippen LogP contribution in [0.25, 0.3) is 0 Å². The Labute approximate surface area is 145 Å². The number of nitrogens with one attached hydrogen (secondary N) is 1. The zero-order valence-corrected chi connectivity index (χ0v) is 15.1. The van der Waals surface area contributed by atoms with Crippen LogP contribution in [0.15, 0.2) is 10.2 Å². The van der Waals surface area contributed by atoms with E-state index in [-0.39, 0.29) is 17.9 Å². The molecule has 2 aromatic rings. The summed E-state index contributed by atoms with van der Waals surface area (Å²) in [5.74, 6) is 0.870. The first-order valence-corrected chi connectivity index (χ1v) is 9.08. The molecule has 6 nitrogen and oxygen atoms in total. The number of rotatable bonds is 3. The summed E-state index contributed by atoms with van der Waals surface area (Å²) in [4.78, 5) is 38.1. The van der Waals surface area contributed by atoms with Gasteiger partial charge >= 0.3 is 0 Å². The Bertz CT molecular complexity index is 811. The number of hydrogen-bond donors (Lipinski definition) is 1. The number of hydrogen-bond acceptors (Lipinski definition) is 5. The first kappa shape index (κ1) is 16.8. The van der Waals surface area contributed by atoms with Gasteiger partial charge in [0.05, 0.1) is 11.4 Å². The third-order valence-corrected chi connectivity index (χ3v) is 5.55. The number of aromatic nitrogens is 3. The van der Waals surface area contributed by atoms with Crippen molar-refractivity contribution in [1.29, 1.82) is 0 Å². The fourth-order valence-corrected chi connectivity index (χ4v) is 4.11. The van der Waals surface area contributed by atoms with Gasteiger partial charge in [-0.2, -0.15) is 0 Å². The van der Waals surface area contributed by atoms with Gasteiger partial charge in [0.1, 0.15) is 5.82 Å². The number of carbonyl (C=O) groups is 1. The average molecular weight is 346 g/mol. The molecule has 1 unspecified atom stereocenters. The van der Waals surface area contributed by atoms with Crippen LogP contribution in [0.3, 0.4) is 0 Å². The highest BCUT2D eigenvalue weighted by molar-refractivity contribution is 7.09. The minimum atomic E-state index is -0.211. The van der Waals surface area contributed by atoms with E-state index < -0.39 is 0 Å². The molecule has 2 aromatic heterocycles. The first-order valence-electron chi connectivity index (χ1n) is 8.20. The van der Waals surface area contributed by atoms with E-state index in [1.165, 1.54) is 0 Å². The molecule has 1 saturated heterocycles. The van der Waals surface area contributed by atoms with Gasteiger partial charge in [-0.15, -0.1) is 11.3 Å². The molecule has 0 aliphatic carbocycles. The second-order valence-electron chi connectivity index (χ2n) is 6.40. The molecule has 1 fully saturated rings. The molecule has 1 atom stereocenters. The van der Waals surface area contributed by atoms with Crippen LogP contribution in [0.2, 0.25) is 0 Å². The van der Waals surface area contributed by atoms with E-state index in [1.54, 1.807) is 25.2 Å². The second-order valence-corrected chi connectivity index (χ2v) is 7.29. The number of nitrogens with zero attached hydrogens (tertiary/aromatic N) is 3.